The van der Waals surface area contributed by atoms with Crippen molar-refractivity contribution in [3.63, 3.8) is 0 Å². The number of ether oxygens (including phenoxy) is 1. The number of carbonyl (C=O) groups excluding carboxylic acids is 1. The molecule has 1 aromatic heterocycles. The number of hydrogen-bond donors (Lipinski definition) is 0. The van der Waals surface area contributed by atoms with Crippen LogP contribution in [0.2, 0.25) is 10.0 Å². The van der Waals surface area contributed by atoms with Crippen LogP contribution < -0.4 is 0 Å². The van der Waals surface area contributed by atoms with Gasteiger partial charge in [0, 0.05) is 10.6 Å². The molecule has 0 aliphatic carbocycles. The van der Waals surface area contributed by atoms with Gasteiger partial charge in [0.1, 0.15) is 11.4 Å². The number of esters is 1. The van der Waals surface area contributed by atoms with E-state index in [9.17, 15) is 26.7 Å². The van der Waals surface area contributed by atoms with Crippen molar-refractivity contribution in [3.8, 4) is 0 Å². The molecule has 0 unspecified atom stereocenters. The summed E-state index contributed by atoms with van der Waals surface area (Å²) in [7, 11) is 0.971. The summed E-state index contributed by atoms with van der Waals surface area (Å²) in [5.41, 5.74) is -3.80. The molecule has 0 N–H and O–H groups in total. The lowest BCUT2D eigenvalue weighted by Gasteiger charge is -2.22. The number of carbonyl (C=O) groups is 1. The number of pyridine rings is 1. The number of rotatable bonds is 7. The fourth-order valence-electron chi connectivity index (χ4n) is 2.93. The lowest BCUT2D eigenvalue weighted by molar-refractivity contribution is -0.142. The highest BCUT2D eigenvalue weighted by atomic mass is 35.5. The second kappa shape index (κ2) is 10.4. The molecular formula is C20H18Cl2F5NO2S. The van der Waals surface area contributed by atoms with Crippen molar-refractivity contribution < 1.29 is 31.5 Å². The van der Waals surface area contributed by atoms with Gasteiger partial charge in [-0.3, -0.25) is 0 Å². The van der Waals surface area contributed by atoms with E-state index in [4.69, 9.17) is 23.2 Å². The third kappa shape index (κ3) is 6.23. The zero-order chi connectivity index (χ0) is 23.5. The molecule has 2 aromatic rings. The molecule has 0 aliphatic heterocycles. The summed E-state index contributed by atoms with van der Waals surface area (Å²) in [6, 6.07) is 4.53. The zero-order valence-electron chi connectivity index (χ0n) is 16.6. The lowest BCUT2D eigenvalue weighted by atomic mass is 9.91. The quantitative estimate of drug-likeness (QED) is 0.222. The molecular weight excluding hydrogens is 484 g/mol. The molecule has 0 amide bonds. The van der Waals surface area contributed by atoms with Crippen molar-refractivity contribution >= 4 is 40.9 Å². The first-order valence-electron chi connectivity index (χ1n) is 8.93. The van der Waals surface area contributed by atoms with Crippen LogP contribution in [0, 0.1) is 5.92 Å². The van der Waals surface area contributed by atoms with Gasteiger partial charge in [0.15, 0.2) is 0 Å². The van der Waals surface area contributed by atoms with E-state index in [0.29, 0.717) is 4.90 Å². The maximum absolute atomic E-state index is 13.8. The van der Waals surface area contributed by atoms with Gasteiger partial charge in [-0.05, 0) is 41.7 Å². The van der Waals surface area contributed by atoms with Gasteiger partial charge in [-0.25, -0.2) is 18.6 Å². The third-order valence-corrected chi connectivity index (χ3v) is 5.95. The fraction of sp³-hybridized carbons (Fsp3) is 0.400. The molecule has 3 nitrogen and oxygen atoms in total. The van der Waals surface area contributed by atoms with Gasteiger partial charge in [0.25, 0.3) is 6.43 Å². The molecule has 11 heteroatoms. The number of thioether (sulfide) groups is 1. The standard InChI is InChI=1S/C20H18Cl2F5NO2S/c1-9(2)6-11-12(8-31-10-4-5-13(21)14(22)7-10)17(20(25,26)27)28-16(18(23)24)15(11)19(29)30-3/h4-5,7,9,18H,6,8H2,1-3H3. The number of benzene rings is 1. The Morgan fingerprint density at radius 3 is 2.29 bits per heavy atom. The SMILES string of the molecule is COC(=O)c1c(C(F)F)nc(C(F)(F)F)c(CSc2ccc(Cl)c(Cl)c2)c1CC(C)C. The first-order chi connectivity index (χ1) is 14.4. The average molecular weight is 502 g/mol. The molecule has 0 atom stereocenters. The van der Waals surface area contributed by atoms with E-state index in [0.717, 1.165) is 18.9 Å². The molecule has 2 rings (SSSR count). The van der Waals surface area contributed by atoms with E-state index in [1.54, 1.807) is 19.9 Å². The Labute approximate surface area is 190 Å². The Kier molecular flexibility index (Phi) is 8.58. The van der Waals surface area contributed by atoms with E-state index in [1.807, 2.05) is 0 Å². The summed E-state index contributed by atoms with van der Waals surface area (Å²) < 4.78 is 73.2. The summed E-state index contributed by atoms with van der Waals surface area (Å²) in [6.45, 7) is 3.40. The molecule has 170 valence electrons. The van der Waals surface area contributed by atoms with E-state index in [1.165, 1.54) is 12.1 Å². The van der Waals surface area contributed by atoms with Crippen molar-refractivity contribution in [1.29, 1.82) is 0 Å². The minimum Gasteiger partial charge on any atom is -0.465 e. The Morgan fingerprint density at radius 2 is 1.81 bits per heavy atom. The normalized spacial score (nSPS) is 12.0. The van der Waals surface area contributed by atoms with Gasteiger partial charge in [-0.2, -0.15) is 13.2 Å². The van der Waals surface area contributed by atoms with E-state index in [2.05, 4.69) is 9.72 Å². The minimum atomic E-state index is -5.00. The van der Waals surface area contributed by atoms with Crippen LogP contribution in [0.4, 0.5) is 22.0 Å². The van der Waals surface area contributed by atoms with E-state index >= 15 is 0 Å². The number of halogens is 7. The molecule has 0 aliphatic rings. The first-order valence-corrected chi connectivity index (χ1v) is 10.7. The number of methoxy groups -OCH3 is 1. The summed E-state index contributed by atoms with van der Waals surface area (Å²) in [6.07, 6.45) is -8.44. The number of alkyl halides is 5. The van der Waals surface area contributed by atoms with Crippen LogP contribution >= 0.6 is 35.0 Å². The maximum atomic E-state index is 13.8. The molecule has 0 saturated carbocycles. The first kappa shape index (κ1) is 25.7. The minimum absolute atomic E-state index is 0.0486. The van der Waals surface area contributed by atoms with Crippen molar-refractivity contribution in [1.82, 2.24) is 4.98 Å². The predicted octanol–water partition coefficient (Wildman–Crippen LogP) is 7.62. The van der Waals surface area contributed by atoms with Crippen LogP contribution in [0.5, 0.6) is 0 Å². The van der Waals surface area contributed by atoms with Gasteiger partial charge in [0.2, 0.25) is 0 Å². The van der Waals surface area contributed by atoms with Crippen molar-refractivity contribution in [2.75, 3.05) is 7.11 Å². The zero-order valence-corrected chi connectivity index (χ0v) is 18.9. The highest BCUT2D eigenvalue weighted by Gasteiger charge is 2.40. The van der Waals surface area contributed by atoms with Crippen LogP contribution in [0.25, 0.3) is 0 Å². The summed E-state index contributed by atoms with van der Waals surface area (Å²) in [5, 5.41) is 0.491. The molecule has 0 bridgehead atoms. The molecule has 1 heterocycles. The van der Waals surface area contributed by atoms with Crippen molar-refractivity contribution in [2.45, 2.75) is 43.5 Å². The van der Waals surface area contributed by atoms with Crippen molar-refractivity contribution in [3.05, 3.63) is 56.3 Å². The summed E-state index contributed by atoms with van der Waals surface area (Å²) >= 11 is 12.8. The highest BCUT2D eigenvalue weighted by Crippen LogP contribution is 2.40. The van der Waals surface area contributed by atoms with Gasteiger partial charge in [0.05, 0.1) is 22.7 Å². The topological polar surface area (TPSA) is 39.2 Å². The van der Waals surface area contributed by atoms with Gasteiger partial charge in [-0.1, -0.05) is 37.0 Å². The Balaban J connectivity index is 2.74. The maximum Gasteiger partial charge on any atom is 0.433 e. The van der Waals surface area contributed by atoms with Gasteiger partial charge in [-0.15, -0.1) is 11.8 Å². The fourth-order valence-corrected chi connectivity index (χ4v) is 4.28. The molecule has 31 heavy (non-hydrogen) atoms. The van der Waals surface area contributed by atoms with Crippen LogP contribution in [0.15, 0.2) is 23.1 Å². The largest absolute Gasteiger partial charge is 0.465 e. The molecule has 0 fully saturated rings. The van der Waals surface area contributed by atoms with Gasteiger partial charge >= 0.3 is 12.1 Å². The number of nitrogens with zero attached hydrogens (tertiary/aromatic N) is 1. The average Bonchev–Trinajstić information content (AvgIpc) is 2.66. The van der Waals surface area contributed by atoms with Crippen molar-refractivity contribution in [2.24, 2.45) is 5.92 Å². The third-order valence-electron chi connectivity index (χ3n) is 4.19. The van der Waals surface area contributed by atoms with Gasteiger partial charge < -0.3 is 4.74 Å². The van der Waals surface area contributed by atoms with E-state index in [-0.39, 0.29) is 39.3 Å². The van der Waals surface area contributed by atoms with Crippen LogP contribution in [0.1, 0.15) is 53.1 Å². The van der Waals surface area contributed by atoms with Crippen LogP contribution in [-0.4, -0.2) is 18.1 Å². The second-order valence-electron chi connectivity index (χ2n) is 6.93. The van der Waals surface area contributed by atoms with Crippen LogP contribution in [-0.2, 0) is 23.1 Å². The molecule has 1 aromatic carbocycles. The number of hydrogen-bond acceptors (Lipinski definition) is 4. The lowest BCUT2D eigenvalue weighted by Crippen LogP contribution is -2.22. The second-order valence-corrected chi connectivity index (χ2v) is 8.79. The van der Waals surface area contributed by atoms with Crippen LogP contribution in [0.3, 0.4) is 0 Å². The summed E-state index contributed by atoms with van der Waals surface area (Å²) in [4.78, 5) is 16.0. The van der Waals surface area contributed by atoms with E-state index < -0.39 is 35.5 Å². The molecule has 0 radical (unpaired) electrons. The summed E-state index contributed by atoms with van der Waals surface area (Å²) in [5.74, 6) is -1.67. The Morgan fingerprint density at radius 1 is 1.16 bits per heavy atom. The smallest absolute Gasteiger partial charge is 0.433 e. The Hall–Kier alpha value is -1.58. The number of aromatic nitrogens is 1. The Bertz CT molecular complexity index is 968. The highest BCUT2D eigenvalue weighted by molar-refractivity contribution is 7.98. The molecule has 0 spiro atoms. The monoisotopic (exact) mass is 501 g/mol. The molecule has 0 saturated heterocycles. The predicted molar refractivity (Wildman–Crippen MR) is 110 cm³/mol.